The number of rotatable bonds is 8. The van der Waals surface area contributed by atoms with Crippen molar-refractivity contribution in [2.45, 2.75) is 40.2 Å². The van der Waals surface area contributed by atoms with Gasteiger partial charge in [0.25, 0.3) is 0 Å². The molecule has 2 fully saturated rings. The number of hydrogen-bond acceptors (Lipinski definition) is 11. The van der Waals surface area contributed by atoms with Crippen molar-refractivity contribution in [1.29, 1.82) is 0 Å². The second-order valence-corrected chi connectivity index (χ2v) is 13.9. The van der Waals surface area contributed by atoms with E-state index in [4.69, 9.17) is 14.7 Å². The zero-order valence-electron chi connectivity index (χ0n) is 30.3. The summed E-state index contributed by atoms with van der Waals surface area (Å²) in [4.78, 5) is 34.5. The van der Waals surface area contributed by atoms with Crippen LogP contribution < -0.4 is 24.8 Å². The number of carbonyl (C=O) groups is 1. The van der Waals surface area contributed by atoms with E-state index in [0.717, 1.165) is 79.6 Å². The minimum Gasteiger partial charge on any atom is -0.494 e. The number of para-hydroxylation sites is 1. The number of piperazine rings is 2. The number of aliphatic hydroxyl groups is 1. The van der Waals surface area contributed by atoms with E-state index in [0.29, 0.717) is 42.8 Å². The highest BCUT2D eigenvalue weighted by molar-refractivity contribution is 5.77. The first-order valence-corrected chi connectivity index (χ1v) is 17.8. The Bertz CT molecular complexity index is 1830. The molecule has 2 saturated heterocycles. The summed E-state index contributed by atoms with van der Waals surface area (Å²) in [5, 5.41) is 15.7. The highest BCUT2D eigenvalue weighted by Crippen LogP contribution is 2.44. The molecule has 4 heterocycles. The largest absolute Gasteiger partial charge is 0.494 e. The number of nitrogens with zero attached hydrogens (tertiary/aromatic N) is 8. The highest BCUT2D eigenvalue weighted by atomic mass is 16.5. The van der Waals surface area contributed by atoms with Gasteiger partial charge in [-0.05, 0) is 61.9 Å². The quantitative estimate of drug-likeness (QED) is 0.269. The Hall–Kier alpha value is -4.91. The lowest BCUT2D eigenvalue weighted by molar-refractivity contribution is -0.129. The number of fused-ring (bicyclic) bond motifs is 1. The molecular weight excluding hydrogens is 642 g/mol. The molecule has 12 nitrogen and oxygen atoms in total. The summed E-state index contributed by atoms with van der Waals surface area (Å²) in [6.45, 7) is 14.3. The Morgan fingerprint density at radius 1 is 0.941 bits per heavy atom. The van der Waals surface area contributed by atoms with Gasteiger partial charge in [0.1, 0.15) is 11.6 Å². The van der Waals surface area contributed by atoms with Crippen LogP contribution in [0.1, 0.15) is 29.2 Å². The molecule has 51 heavy (non-hydrogen) atoms. The zero-order valence-corrected chi connectivity index (χ0v) is 30.3. The first-order chi connectivity index (χ1) is 24.7. The van der Waals surface area contributed by atoms with Crippen molar-refractivity contribution in [3.63, 3.8) is 0 Å². The lowest BCUT2D eigenvalue weighted by Gasteiger charge is -2.44. The summed E-state index contributed by atoms with van der Waals surface area (Å²) in [7, 11) is 3.83. The third-order valence-corrected chi connectivity index (χ3v) is 10.4. The lowest BCUT2D eigenvalue weighted by Crippen LogP contribution is -2.51. The predicted octanol–water partition coefficient (Wildman–Crippen LogP) is 4.70. The van der Waals surface area contributed by atoms with Crippen LogP contribution in [0.5, 0.6) is 5.75 Å². The molecule has 2 N–H and O–H groups in total. The molecule has 0 spiro atoms. The van der Waals surface area contributed by atoms with Crippen molar-refractivity contribution in [3.05, 3.63) is 89.1 Å². The fourth-order valence-corrected chi connectivity index (χ4v) is 7.41. The summed E-state index contributed by atoms with van der Waals surface area (Å²) < 4.78 is 6.01. The van der Waals surface area contributed by atoms with Gasteiger partial charge in [0.2, 0.25) is 18.2 Å². The fraction of sp³-hybridized carbons (Fsp3) is 0.410. The molecular formula is C39H49N9O3. The van der Waals surface area contributed by atoms with Crippen LogP contribution in [0.3, 0.4) is 0 Å². The molecule has 3 aliphatic rings. The lowest BCUT2D eigenvalue weighted by atomic mass is 10.1. The SMILES string of the molecule is COc1cc(N2CCN(C(C)=O)CC2)ccc1N1c2nc(Nc3ccc(CN4CCN(C)CC4)cc3)ncc2CN(c2c(C)cccc2C)C1O. The average molecular weight is 692 g/mol. The Morgan fingerprint density at radius 2 is 1.65 bits per heavy atom. The molecule has 0 radical (unpaired) electrons. The fourth-order valence-electron chi connectivity index (χ4n) is 7.41. The van der Waals surface area contributed by atoms with Crippen molar-refractivity contribution in [2.75, 3.05) is 86.5 Å². The van der Waals surface area contributed by atoms with Crippen molar-refractivity contribution < 1.29 is 14.6 Å². The van der Waals surface area contributed by atoms with Gasteiger partial charge >= 0.3 is 0 Å². The van der Waals surface area contributed by atoms with Gasteiger partial charge in [0.05, 0.1) is 19.3 Å². The molecule has 1 unspecified atom stereocenters. The van der Waals surface area contributed by atoms with Crippen LogP contribution in [0.2, 0.25) is 0 Å². The number of anilines is 6. The van der Waals surface area contributed by atoms with E-state index in [-0.39, 0.29) is 5.91 Å². The number of aromatic nitrogens is 2. The van der Waals surface area contributed by atoms with E-state index >= 15 is 0 Å². The van der Waals surface area contributed by atoms with Crippen LogP contribution in [0.4, 0.5) is 34.5 Å². The number of benzene rings is 3. The van der Waals surface area contributed by atoms with E-state index in [1.807, 2.05) is 39.1 Å². The maximum atomic E-state index is 12.3. The van der Waals surface area contributed by atoms with Gasteiger partial charge in [-0.25, -0.2) is 4.98 Å². The maximum absolute atomic E-state index is 12.3. The number of likely N-dealkylation sites (N-methyl/N-ethyl adjacent to an activating group) is 1. The number of nitrogens with one attached hydrogen (secondary N) is 1. The predicted molar refractivity (Wildman–Crippen MR) is 202 cm³/mol. The van der Waals surface area contributed by atoms with Gasteiger partial charge in [0.15, 0.2) is 0 Å². The van der Waals surface area contributed by atoms with Crippen LogP contribution in [-0.4, -0.2) is 109 Å². The first kappa shape index (κ1) is 34.5. The molecule has 4 aromatic rings. The molecule has 3 aliphatic heterocycles. The Kier molecular flexibility index (Phi) is 9.99. The van der Waals surface area contributed by atoms with Crippen LogP contribution in [0, 0.1) is 13.8 Å². The summed E-state index contributed by atoms with van der Waals surface area (Å²) in [5.41, 5.74) is 7.84. The molecule has 1 amide bonds. The molecule has 0 saturated carbocycles. The second-order valence-electron chi connectivity index (χ2n) is 13.9. The number of methoxy groups -OCH3 is 1. The molecule has 0 aliphatic carbocycles. The van der Waals surface area contributed by atoms with Gasteiger partial charge in [0, 0.05) is 101 Å². The molecule has 0 bridgehead atoms. The summed E-state index contributed by atoms with van der Waals surface area (Å²) >= 11 is 0. The van der Waals surface area contributed by atoms with Gasteiger partial charge in [-0.15, -0.1) is 0 Å². The zero-order chi connectivity index (χ0) is 35.6. The Labute approximate surface area is 300 Å². The molecule has 1 aromatic heterocycles. The van der Waals surface area contributed by atoms with Gasteiger partial charge in [-0.3, -0.25) is 14.6 Å². The van der Waals surface area contributed by atoms with Gasteiger partial charge in [-0.1, -0.05) is 30.3 Å². The summed E-state index contributed by atoms with van der Waals surface area (Å²) in [5.74, 6) is 1.76. The minimum atomic E-state index is -1.08. The third kappa shape index (κ3) is 7.30. The van der Waals surface area contributed by atoms with Gasteiger partial charge < -0.3 is 34.8 Å². The van der Waals surface area contributed by atoms with E-state index < -0.39 is 6.35 Å². The van der Waals surface area contributed by atoms with E-state index in [1.165, 1.54) is 5.56 Å². The normalized spacial score (nSPS) is 18.5. The molecule has 7 rings (SSSR count). The number of hydrogen-bond donors (Lipinski definition) is 2. The molecule has 12 heteroatoms. The standard InChI is InChI=1S/C39H49N9O3/c1-27-7-6-8-28(2)36(27)47-26-31-24-40-38(41-32-11-9-30(10-12-32)25-44-17-15-43(4)16-18-44)42-37(31)48(39(47)50)34-14-13-33(23-35(34)51-5)46-21-19-45(20-22-46)29(3)49/h6-14,23-24,39,50H,15-22,25-26H2,1-5H3,(H,40,41,42). The van der Waals surface area contributed by atoms with Crippen LogP contribution >= 0.6 is 0 Å². The average Bonchev–Trinajstić information content (AvgIpc) is 3.13. The first-order valence-electron chi connectivity index (χ1n) is 17.8. The summed E-state index contributed by atoms with van der Waals surface area (Å²) in [6, 6.07) is 20.7. The van der Waals surface area contributed by atoms with Crippen LogP contribution in [0.25, 0.3) is 0 Å². The number of aryl methyl sites for hydroxylation is 2. The minimum absolute atomic E-state index is 0.0999. The summed E-state index contributed by atoms with van der Waals surface area (Å²) in [6.07, 6.45) is 0.772. The van der Waals surface area contributed by atoms with Crippen LogP contribution in [-0.2, 0) is 17.9 Å². The molecule has 268 valence electrons. The van der Waals surface area contributed by atoms with Crippen molar-refractivity contribution >= 4 is 40.4 Å². The Balaban J connectivity index is 1.19. The highest BCUT2D eigenvalue weighted by Gasteiger charge is 2.37. The number of aliphatic hydroxyl groups excluding tert-OH is 1. The van der Waals surface area contributed by atoms with E-state index in [1.54, 1.807) is 14.0 Å². The van der Waals surface area contributed by atoms with E-state index in [9.17, 15) is 9.90 Å². The number of carbonyl (C=O) groups excluding carboxylic acids is 1. The van der Waals surface area contributed by atoms with Crippen molar-refractivity contribution in [3.8, 4) is 5.75 Å². The van der Waals surface area contributed by atoms with Gasteiger partial charge in [-0.2, -0.15) is 4.98 Å². The second kappa shape index (κ2) is 14.7. The number of ether oxygens (including phenoxy) is 1. The smallest absolute Gasteiger partial charge is 0.229 e. The van der Waals surface area contributed by atoms with Crippen LogP contribution in [0.15, 0.2) is 66.9 Å². The van der Waals surface area contributed by atoms with Crippen molar-refractivity contribution in [1.82, 2.24) is 24.7 Å². The third-order valence-electron chi connectivity index (χ3n) is 10.4. The maximum Gasteiger partial charge on any atom is 0.229 e. The molecule has 3 aromatic carbocycles. The number of amides is 1. The topological polar surface area (TPSA) is 104 Å². The molecule has 1 atom stereocenters. The van der Waals surface area contributed by atoms with Crippen molar-refractivity contribution in [2.24, 2.45) is 0 Å². The van der Waals surface area contributed by atoms with E-state index in [2.05, 4.69) is 83.4 Å². The Morgan fingerprint density at radius 3 is 2.31 bits per heavy atom. The monoisotopic (exact) mass is 691 g/mol.